The van der Waals surface area contributed by atoms with Gasteiger partial charge in [-0.1, -0.05) is 148 Å². The van der Waals surface area contributed by atoms with Gasteiger partial charge in [-0.05, 0) is 6.42 Å². The van der Waals surface area contributed by atoms with E-state index in [-0.39, 0.29) is 0 Å². The Morgan fingerprint density at radius 2 is 0.720 bits per heavy atom. The molecule has 0 amide bonds. The fraction of sp³-hybridized carbons (Fsp3) is 0.120. The first kappa shape index (κ1) is 22.1. The third-order valence-corrected chi connectivity index (χ3v) is 2.73. The molecule has 130 valence electrons. The zero-order valence-electron chi connectivity index (χ0n) is 15.2. The quantitative estimate of drug-likeness (QED) is 0.324. The molecule has 0 radical (unpaired) electrons. The average Bonchev–Trinajstić information content (AvgIpc) is 2.63. The summed E-state index contributed by atoms with van der Waals surface area (Å²) in [6.45, 7) is 5.79. The molecule has 0 saturated heterocycles. The summed E-state index contributed by atoms with van der Waals surface area (Å²) >= 11 is 0. The molecule has 0 aromatic carbocycles. The minimum Gasteiger partial charge on any atom is -0.0991 e. The molecule has 25 heavy (non-hydrogen) atoms. The van der Waals surface area contributed by atoms with Gasteiger partial charge in [-0.2, -0.15) is 0 Å². The molecule has 0 atom stereocenters. The third-order valence-electron chi connectivity index (χ3n) is 2.73. The van der Waals surface area contributed by atoms with Crippen molar-refractivity contribution >= 4 is 0 Å². The van der Waals surface area contributed by atoms with E-state index in [0.717, 1.165) is 6.42 Å². The Morgan fingerprint density at radius 3 is 1.00 bits per heavy atom. The second-order valence-electron chi connectivity index (χ2n) is 4.92. The van der Waals surface area contributed by atoms with Gasteiger partial charge in [0, 0.05) is 0 Å². The van der Waals surface area contributed by atoms with Crippen LogP contribution in [-0.2, 0) is 0 Å². The van der Waals surface area contributed by atoms with Gasteiger partial charge in [-0.15, -0.1) is 0 Å². The molecule has 0 aromatic rings. The highest BCUT2D eigenvalue weighted by atomic mass is 13.8. The number of rotatable bonds is 12. The van der Waals surface area contributed by atoms with Crippen molar-refractivity contribution in [2.24, 2.45) is 0 Å². The molecule has 0 rings (SSSR count). The topological polar surface area (TPSA) is 0 Å². The molecule has 0 aliphatic carbocycles. The second-order valence-corrected chi connectivity index (χ2v) is 4.92. The van der Waals surface area contributed by atoms with E-state index >= 15 is 0 Å². The van der Waals surface area contributed by atoms with E-state index in [9.17, 15) is 0 Å². The van der Waals surface area contributed by atoms with Crippen LogP contribution >= 0.6 is 0 Å². The molecule has 0 saturated carbocycles. The second kappa shape index (κ2) is 21.1. The fourth-order valence-electron chi connectivity index (χ4n) is 1.51. The first-order valence-electron chi connectivity index (χ1n) is 8.69. The molecular weight excluding hydrogens is 300 g/mol. The molecule has 0 heteroatoms. The predicted molar refractivity (Wildman–Crippen MR) is 117 cm³/mol. The molecule has 0 aliphatic rings. The van der Waals surface area contributed by atoms with Gasteiger partial charge in [-0.25, -0.2) is 0 Å². The maximum absolute atomic E-state index is 3.61. The highest BCUT2D eigenvalue weighted by molar-refractivity contribution is 5.22. The van der Waals surface area contributed by atoms with Crippen LogP contribution in [0, 0.1) is 0 Å². The summed E-state index contributed by atoms with van der Waals surface area (Å²) in [5.74, 6) is 0. The van der Waals surface area contributed by atoms with Gasteiger partial charge >= 0.3 is 0 Å². The van der Waals surface area contributed by atoms with Gasteiger partial charge in [0.2, 0.25) is 0 Å². The molecule has 0 aliphatic heterocycles. The van der Waals surface area contributed by atoms with Crippen LogP contribution < -0.4 is 0 Å². The third kappa shape index (κ3) is 21.1. The molecule has 0 heterocycles. The van der Waals surface area contributed by atoms with Crippen LogP contribution in [-0.4, -0.2) is 0 Å². The molecule has 0 bridgehead atoms. The molecule has 0 fully saturated rings. The van der Waals surface area contributed by atoms with Crippen LogP contribution in [0.2, 0.25) is 0 Å². The summed E-state index contributed by atoms with van der Waals surface area (Å²) in [4.78, 5) is 0. The zero-order valence-corrected chi connectivity index (χ0v) is 15.2. The summed E-state index contributed by atoms with van der Waals surface area (Å²) in [6.07, 6.45) is 44.2. The number of hydrogen-bond donors (Lipinski definition) is 0. The van der Waals surface area contributed by atoms with E-state index in [4.69, 9.17) is 0 Å². The molecule has 0 N–H and O–H groups in total. The number of hydrogen-bond acceptors (Lipinski definition) is 0. The largest absolute Gasteiger partial charge is 0.0991 e. The molecular formula is C25H30. The van der Waals surface area contributed by atoms with Crippen molar-refractivity contribution in [1.29, 1.82) is 0 Å². The smallest absolute Gasteiger partial charge is 0.0350 e. The van der Waals surface area contributed by atoms with Gasteiger partial charge in [0.15, 0.2) is 0 Å². The van der Waals surface area contributed by atoms with Gasteiger partial charge in [-0.3, -0.25) is 0 Å². The lowest BCUT2D eigenvalue weighted by Crippen LogP contribution is -1.58. The summed E-state index contributed by atoms with van der Waals surface area (Å²) in [5, 5.41) is 0. The summed E-state index contributed by atoms with van der Waals surface area (Å²) in [6, 6.07) is 0. The molecule has 0 nitrogen and oxygen atoms in total. The lowest BCUT2D eigenvalue weighted by atomic mass is 10.3. The van der Waals surface area contributed by atoms with Crippen LogP contribution in [0.3, 0.4) is 0 Å². The van der Waals surface area contributed by atoms with Crippen LogP contribution in [0.1, 0.15) is 19.8 Å². The summed E-state index contributed by atoms with van der Waals surface area (Å²) in [5.41, 5.74) is 0. The van der Waals surface area contributed by atoms with Crippen molar-refractivity contribution in [1.82, 2.24) is 0 Å². The van der Waals surface area contributed by atoms with Crippen molar-refractivity contribution < 1.29 is 0 Å². The molecule has 0 unspecified atom stereocenters. The van der Waals surface area contributed by atoms with E-state index in [1.54, 1.807) is 6.08 Å². The van der Waals surface area contributed by atoms with Crippen molar-refractivity contribution in [3.8, 4) is 0 Å². The van der Waals surface area contributed by atoms with Crippen LogP contribution in [0.15, 0.2) is 134 Å². The van der Waals surface area contributed by atoms with Crippen molar-refractivity contribution in [3.05, 3.63) is 134 Å². The Morgan fingerprint density at radius 1 is 0.440 bits per heavy atom. The highest BCUT2D eigenvalue weighted by Crippen LogP contribution is 1.90. The molecule has 0 spiro atoms. The van der Waals surface area contributed by atoms with Gasteiger partial charge in [0.25, 0.3) is 0 Å². The van der Waals surface area contributed by atoms with Crippen LogP contribution in [0.25, 0.3) is 0 Å². The summed E-state index contributed by atoms with van der Waals surface area (Å²) in [7, 11) is 0. The lowest BCUT2D eigenvalue weighted by Gasteiger charge is -1.79. The number of allylic oxidation sites excluding steroid dienone is 21. The minimum absolute atomic E-state index is 1.14. The summed E-state index contributed by atoms with van der Waals surface area (Å²) < 4.78 is 0. The van der Waals surface area contributed by atoms with Crippen molar-refractivity contribution in [2.45, 2.75) is 19.8 Å². The van der Waals surface area contributed by atoms with E-state index in [2.05, 4.69) is 25.7 Å². The fourth-order valence-corrected chi connectivity index (χ4v) is 1.51. The normalized spacial score (nSPS) is 14.3. The zero-order chi connectivity index (χ0) is 18.3. The Balaban J connectivity index is 3.88. The van der Waals surface area contributed by atoms with Gasteiger partial charge in [0.05, 0.1) is 0 Å². The first-order chi connectivity index (χ1) is 12.4. The standard InChI is InChI=1S/C25H30/c1-3-5-7-9-11-13-15-17-19-21-23-25-24-22-20-18-16-14-12-10-8-6-4-2/h3,5,7-25H,1,4,6H2,2H3/b7-5+,10-8+,11-9+,14-12+,15-13+,18-16+,19-17+,22-20+,23-21+,25-24+. The predicted octanol–water partition coefficient (Wildman–Crippen LogP) is 7.53. The van der Waals surface area contributed by atoms with Gasteiger partial charge < -0.3 is 0 Å². The van der Waals surface area contributed by atoms with Crippen LogP contribution in [0.4, 0.5) is 0 Å². The van der Waals surface area contributed by atoms with E-state index < -0.39 is 0 Å². The lowest BCUT2D eigenvalue weighted by molar-refractivity contribution is 0.959. The minimum atomic E-state index is 1.14. The first-order valence-corrected chi connectivity index (χ1v) is 8.69. The van der Waals surface area contributed by atoms with Crippen LogP contribution in [0.5, 0.6) is 0 Å². The van der Waals surface area contributed by atoms with E-state index in [1.165, 1.54) is 6.42 Å². The van der Waals surface area contributed by atoms with E-state index in [1.807, 2.05) is 109 Å². The average molecular weight is 331 g/mol. The Labute approximate surface area is 154 Å². The SMILES string of the molecule is C=C/C=C/C=C/C=C/C=C/C=C/C=C/C=C/C=C/C=C/C=C/CCC. The Hall–Kier alpha value is -2.86. The van der Waals surface area contributed by atoms with Gasteiger partial charge in [0.1, 0.15) is 0 Å². The maximum Gasteiger partial charge on any atom is -0.0350 e. The molecule has 0 aromatic heterocycles. The Bertz CT molecular complexity index is 594. The Kier molecular flexibility index (Phi) is 18.7. The monoisotopic (exact) mass is 330 g/mol. The number of unbranched alkanes of at least 4 members (excludes halogenated alkanes) is 1. The van der Waals surface area contributed by atoms with E-state index in [0.29, 0.717) is 0 Å². The van der Waals surface area contributed by atoms with Crippen molar-refractivity contribution in [3.63, 3.8) is 0 Å². The highest BCUT2D eigenvalue weighted by Gasteiger charge is 1.68. The van der Waals surface area contributed by atoms with Crippen molar-refractivity contribution in [2.75, 3.05) is 0 Å². The maximum atomic E-state index is 3.61.